The van der Waals surface area contributed by atoms with Crippen LogP contribution in [-0.2, 0) is 13.2 Å². The number of ether oxygens (including phenoxy) is 1. The summed E-state index contributed by atoms with van der Waals surface area (Å²) in [6.45, 7) is 1.25. The molecule has 0 radical (unpaired) electrons. The maximum absolute atomic E-state index is 6.03. The summed E-state index contributed by atoms with van der Waals surface area (Å²) in [5.41, 5.74) is 1.98. The highest BCUT2D eigenvalue weighted by Crippen LogP contribution is 2.21. The quantitative estimate of drug-likeness (QED) is 0.588. The summed E-state index contributed by atoms with van der Waals surface area (Å²) in [5, 5.41) is 5.20. The lowest BCUT2D eigenvalue weighted by molar-refractivity contribution is 0.241. The molecule has 0 aliphatic carbocycles. The lowest BCUT2D eigenvalue weighted by Gasteiger charge is -2.16. The molecule has 0 saturated heterocycles. The highest BCUT2D eigenvalue weighted by molar-refractivity contribution is 7.71. The van der Waals surface area contributed by atoms with E-state index in [1.807, 2.05) is 55.6 Å². The number of methoxy groups -OCH3 is 1. The molecule has 0 amide bonds. The van der Waals surface area contributed by atoms with Crippen molar-refractivity contribution in [3.63, 3.8) is 0 Å². The molecule has 7 heteroatoms. The SMILES string of the molecule is COc1ccc(-c2nn(CN(C)Cc3cccc(Cl)c3)c(=S)o2)cc1. The minimum absolute atomic E-state index is 0.337. The molecule has 0 atom stereocenters. The Balaban J connectivity index is 1.72. The maximum Gasteiger partial charge on any atom is 0.288 e. The number of rotatable bonds is 6. The van der Waals surface area contributed by atoms with Gasteiger partial charge >= 0.3 is 0 Å². The first-order chi connectivity index (χ1) is 12.0. The van der Waals surface area contributed by atoms with Crippen molar-refractivity contribution in [2.75, 3.05) is 14.2 Å². The largest absolute Gasteiger partial charge is 0.497 e. The van der Waals surface area contributed by atoms with E-state index in [9.17, 15) is 0 Å². The molecule has 1 aromatic heterocycles. The van der Waals surface area contributed by atoms with Crippen molar-refractivity contribution in [1.29, 1.82) is 0 Å². The van der Waals surface area contributed by atoms with Crippen LogP contribution in [-0.4, -0.2) is 28.8 Å². The average Bonchev–Trinajstić information content (AvgIpc) is 2.95. The van der Waals surface area contributed by atoms with E-state index in [2.05, 4.69) is 10.00 Å². The van der Waals surface area contributed by atoms with Crippen LogP contribution in [0, 0.1) is 4.84 Å². The van der Waals surface area contributed by atoms with Gasteiger partial charge in [-0.15, -0.1) is 5.10 Å². The summed E-state index contributed by atoms with van der Waals surface area (Å²) in [7, 11) is 3.62. The number of hydrogen-bond acceptors (Lipinski definition) is 5. The molecule has 2 aromatic carbocycles. The van der Waals surface area contributed by atoms with E-state index in [-0.39, 0.29) is 0 Å². The van der Waals surface area contributed by atoms with Crippen molar-refractivity contribution in [1.82, 2.24) is 14.7 Å². The third-order valence-electron chi connectivity index (χ3n) is 3.66. The second-order valence-electron chi connectivity index (χ2n) is 5.69. The Hall–Kier alpha value is -2.15. The third-order valence-corrected chi connectivity index (χ3v) is 4.19. The minimum atomic E-state index is 0.337. The zero-order chi connectivity index (χ0) is 17.8. The van der Waals surface area contributed by atoms with Crippen molar-refractivity contribution >= 4 is 23.8 Å². The standard InChI is InChI=1S/C18H18ClN3O2S/c1-21(11-13-4-3-5-15(19)10-13)12-22-18(25)24-17(20-22)14-6-8-16(23-2)9-7-14/h3-10H,11-12H2,1-2H3. The highest BCUT2D eigenvalue weighted by Gasteiger charge is 2.10. The molecule has 0 N–H and O–H groups in total. The van der Waals surface area contributed by atoms with Crippen LogP contribution in [0.4, 0.5) is 0 Å². The van der Waals surface area contributed by atoms with Crippen LogP contribution in [0.3, 0.4) is 0 Å². The van der Waals surface area contributed by atoms with Gasteiger partial charge in [0.2, 0.25) is 5.89 Å². The van der Waals surface area contributed by atoms with Gasteiger partial charge in [0.1, 0.15) is 5.75 Å². The van der Waals surface area contributed by atoms with Gasteiger partial charge in [0.25, 0.3) is 4.84 Å². The van der Waals surface area contributed by atoms with Crippen molar-refractivity contribution in [2.24, 2.45) is 0 Å². The predicted octanol–water partition coefficient (Wildman–Crippen LogP) is 4.62. The van der Waals surface area contributed by atoms with Crippen molar-refractivity contribution in [3.05, 3.63) is 64.0 Å². The first-order valence-electron chi connectivity index (χ1n) is 7.70. The van der Waals surface area contributed by atoms with Crippen LogP contribution in [0.2, 0.25) is 5.02 Å². The molecule has 25 heavy (non-hydrogen) atoms. The van der Waals surface area contributed by atoms with E-state index in [4.69, 9.17) is 33.0 Å². The van der Waals surface area contributed by atoms with Crippen LogP contribution in [0.1, 0.15) is 5.56 Å². The van der Waals surface area contributed by atoms with Crippen molar-refractivity contribution < 1.29 is 9.15 Å². The van der Waals surface area contributed by atoms with Crippen molar-refractivity contribution in [3.8, 4) is 17.2 Å². The van der Waals surface area contributed by atoms with E-state index >= 15 is 0 Å². The van der Waals surface area contributed by atoms with Gasteiger partial charge in [0.15, 0.2) is 0 Å². The monoisotopic (exact) mass is 375 g/mol. The fourth-order valence-corrected chi connectivity index (χ4v) is 2.86. The smallest absolute Gasteiger partial charge is 0.288 e. The van der Waals surface area contributed by atoms with Gasteiger partial charge in [-0.3, -0.25) is 4.90 Å². The molecule has 1 heterocycles. The van der Waals surface area contributed by atoms with Gasteiger partial charge in [0, 0.05) is 17.1 Å². The molecule has 0 spiro atoms. The predicted molar refractivity (Wildman–Crippen MR) is 100 cm³/mol. The topological polar surface area (TPSA) is 43.4 Å². The van der Waals surface area contributed by atoms with Gasteiger partial charge in [-0.2, -0.15) is 0 Å². The van der Waals surface area contributed by atoms with E-state index in [0.717, 1.165) is 28.4 Å². The molecule has 0 fully saturated rings. The second kappa shape index (κ2) is 7.82. The van der Waals surface area contributed by atoms with Gasteiger partial charge in [0.05, 0.1) is 13.8 Å². The molecule has 0 bridgehead atoms. The Labute approximate surface area is 156 Å². The average molecular weight is 376 g/mol. The number of aromatic nitrogens is 2. The fraction of sp³-hybridized carbons (Fsp3) is 0.222. The third kappa shape index (κ3) is 4.48. The Morgan fingerprint density at radius 1 is 1.24 bits per heavy atom. The first kappa shape index (κ1) is 17.7. The summed E-state index contributed by atoms with van der Waals surface area (Å²) < 4.78 is 12.4. The second-order valence-corrected chi connectivity index (χ2v) is 6.47. The van der Waals surface area contributed by atoms with Gasteiger partial charge < -0.3 is 9.15 Å². The zero-order valence-corrected chi connectivity index (χ0v) is 15.5. The Bertz CT molecular complexity index is 905. The van der Waals surface area contributed by atoms with Gasteiger partial charge in [-0.25, -0.2) is 4.68 Å². The Morgan fingerprint density at radius 2 is 2.00 bits per heavy atom. The molecule has 3 rings (SSSR count). The van der Waals surface area contributed by atoms with Crippen LogP contribution < -0.4 is 4.74 Å². The van der Waals surface area contributed by atoms with Crippen LogP contribution in [0.5, 0.6) is 5.75 Å². The molecule has 3 aromatic rings. The van der Waals surface area contributed by atoms with Crippen molar-refractivity contribution in [2.45, 2.75) is 13.2 Å². The lowest BCUT2D eigenvalue weighted by atomic mass is 10.2. The van der Waals surface area contributed by atoms with E-state index < -0.39 is 0 Å². The van der Waals surface area contributed by atoms with Crippen LogP contribution >= 0.6 is 23.8 Å². The fourth-order valence-electron chi connectivity index (χ4n) is 2.47. The molecule has 0 aliphatic rings. The molecule has 0 saturated carbocycles. The molecule has 0 unspecified atom stereocenters. The summed E-state index contributed by atoms with van der Waals surface area (Å²) in [5.74, 6) is 1.27. The molecular weight excluding hydrogens is 358 g/mol. The first-order valence-corrected chi connectivity index (χ1v) is 8.49. The van der Waals surface area contributed by atoms with E-state index in [0.29, 0.717) is 17.4 Å². The summed E-state index contributed by atoms with van der Waals surface area (Å²) >= 11 is 11.3. The number of hydrogen-bond donors (Lipinski definition) is 0. The maximum atomic E-state index is 6.03. The zero-order valence-electron chi connectivity index (χ0n) is 14.0. The van der Waals surface area contributed by atoms with Crippen LogP contribution in [0.15, 0.2) is 52.9 Å². The summed E-state index contributed by atoms with van der Waals surface area (Å²) in [6, 6.07) is 15.3. The summed E-state index contributed by atoms with van der Waals surface area (Å²) in [4.78, 5) is 2.42. The Morgan fingerprint density at radius 3 is 2.68 bits per heavy atom. The van der Waals surface area contributed by atoms with Gasteiger partial charge in [-0.1, -0.05) is 23.7 Å². The van der Waals surface area contributed by atoms with E-state index in [1.54, 1.807) is 11.8 Å². The number of nitrogens with zero attached hydrogens (tertiary/aromatic N) is 3. The van der Waals surface area contributed by atoms with E-state index in [1.165, 1.54) is 0 Å². The Kier molecular flexibility index (Phi) is 5.53. The number of benzene rings is 2. The molecule has 0 aliphatic heterocycles. The lowest BCUT2D eigenvalue weighted by Crippen LogP contribution is -2.22. The molecule has 130 valence electrons. The van der Waals surface area contributed by atoms with Gasteiger partial charge in [-0.05, 0) is 61.2 Å². The molecular formula is C18H18ClN3O2S. The normalized spacial score (nSPS) is 11.0. The van der Waals surface area contributed by atoms with Crippen LogP contribution in [0.25, 0.3) is 11.5 Å². The molecule has 5 nitrogen and oxygen atoms in total. The highest BCUT2D eigenvalue weighted by atomic mass is 35.5. The minimum Gasteiger partial charge on any atom is -0.497 e. The summed E-state index contributed by atoms with van der Waals surface area (Å²) in [6.07, 6.45) is 0. The number of halogens is 1.